The van der Waals surface area contributed by atoms with Gasteiger partial charge >= 0.3 is 10.1 Å². The molecule has 0 fully saturated rings. The first-order valence-corrected chi connectivity index (χ1v) is 10.4. The van der Waals surface area contributed by atoms with Crippen LogP contribution in [-0.4, -0.2) is 30.5 Å². The van der Waals surface area contributed by atoms with Gasteiger partial charge in [-0.1, -0.05) is 32.9 Å². The van der Waals surface area contributed by atoms with Gasteiger partial charge < -0.3 is 9.08 Å². The van der Waals surface area contributed by atoms with E-state index in [0.717, 1.165) is 12.0 Å². The van der Waals surface area contributed by atoms with Gasteiger partial charge in [0, 0.05) is 19.0 Å². The van der Waals surface area contributed by atoms with Crippen molar-refractivity contribution in [2.45, 2.75) is 72.2 Å². The monoisotopic (exact) mass is 369 g/mol. The van der Waals surface area contributed by atoms with Crippen molar-refractivity contribution < 1.29 is 17.4 Å². The van der Waals surface area contributed by atoms with E-state index in [-0.39, 0.29) is 11.9 Å². The molecule has 0 aliphatic rings. The third-order valence-corrected chi connectivity index (χ3v) is 5.67. The van der Waals surface area contributed by atoms with Crippen LogP contribution in [0.1, 0.15) is 59.9 Å². The van der Waals surface area contributed by atoms with Gasteiger partial charge in [0.25, 0.3) is 0 Å². The summed E-state index contributed by atoms with van der Waals surface area (Å²) < 4.78 is 28.7. The zero-order valence-electron chi connectivity index (χ0n) is 16.2. The molecule has 1 aromatic carbocycles. The first-order valence-electron chi connectivity index (χ1n) is 8.88. The average molecular weight is 370 g/mol. The minimum atomic E-state index is -3.60. The molecule has 6 heteroatoms. The third-order valence-electron chi connectivity index (χ3n) is 4.09. The zero-order valence-corrected chi connectivity index (χ0v) is 17.0. The quantitative estimate of drug-likeness (QED) is 0.618. The second-order valence-electron chi connectivity index (χ2n) is 7.15. The van der Waals surface area contributed by atoms with Crippen molar-refractivity contribution >= 4 is 16.0 Å². The first-order chi connectivity index (χ1) is 11.6. The molecule has 0 aromatic heterocycles. The molecule has 0 saturated heterocycles. The van der Waals surface area contributed by atoms with Gasteiger partial charge in [-0.3, -0.25) is 4.79 Å². The van der Waals surface area contributed by atoms with E-state index in [1.807, 2.05) is 37.8 Å². The second-order valence-corrected chi connectivity index (χ2v) is 9.24. The fourth-order valence-corrected chi connectivity index (χ4v) is 2.83. The van der Waals surface area contributed by atoms with E-state index in [4.69, 9.17) is 4.18 Å². The standard InChI is InChI=1S/C19H31NO4S/c1-7-16(6)20(19(21)12-14(2)3)13-17-8-10-18(11-9-17)24-25(22,23)15(4)5/h8-11,14-16H,7,12-13H2,1-6H3/t16-/m1/s1. The average Bonchev–Trinajstić information content (AvgIpc) is 2.52. The molecule has 0 heterocycles. The summed E-state index contributed by atoms with van der Waals surface area (Å²) in [6.07, 6.45) is 1.41. The van der Waals surface area contributed by atoms with Crippen LogP contribution in [-0.2, 0) is 21.5 Å². The SMILES string of the molecule is CC[C@@H](C)N(Cc1ccc(OS(=O)(=O)C(C)C)cc1)C(=O)CC(C)C. The number of amides is 1. The summed E-state index contributed by atoms with van der Waals surface area (Å²) >= 11 is 0. The lowest BCUT2D eigenvalue weighted by atomic mass is 10.1. The molecule has 1 aromatic rings. The highest BCUT2D eigenvalue weighted by Gasteiger charge is 2.21. The fraction of sp³-hybridized carbons (Fsp3) is 0.632. The highest BCUT2D eigenvalue weighted by Crippen LogP contribution is 2.19. The Morgan fingerprint density at radius 2 is 1.64 bits per heavy atom. The Morgan fingerprint density at radius 3 is 2.08 bits per heavy atom. The minimum absolute atomic E-state index is 0.145. The predicted octanol–water partition coefficient (Wildman–Crippen LogP) is 3.98. The Bertz CT molecular complexity index is 651. The van der Waals surface area contributed by atoms with Crippen molar-refractivity contribution in [1.29, 1.82) is 0 Å². The summed E-state index contributed by atoms with van der Waals surface area (Å²) in [6, 6.07) is 7.05. The van der Waals surface area contributed by atoms with Gasteiger partial charge in [-0.15, -0.1) is 0 Å². The van der Waals surface area contributed by atoms with Crippen molar-refractivity contribution in [3.05, 3.63) is 29.8 Å². The number of hydrogen-bond acceptors (Lipinski definition) is 4. The third kappa shape index (κ3) is 6.69. The molecular weight excluding hydrogens is 338 g/mol. The molecule has 0 N–H and O–H groups in total. The molecule has 1 rings (SSSR count). The zero-order chi connectivity index (χ0) is 19.2. The van der Waals surface area contributed by atoms with Crippen LogP contribution in [0.2, 0.25) is 0 Å². The van der Waals surface area contributed by atoms with Crippen molar-refractivity contribution in [2.75, 3.05) is 0 Å². The summed E-state index contributed by atoms with van der Waals surface area (Å²) in [6.45, 7) is 11.8. The normalized spacial score (nSPS) is 13.1. The van der Waals surface area contributed by atoms with E-state index >= 15 is 0 Å². The molecule has 0 unspecified atom stereocenters. The molecule has 25 heavy (non-hydrogen) atoms. The van der Waals surface area contributed by atoms with Crippen LogP contribution in [0, 0.1) is 5.92 Å². The van der Waals surface area contributed by atoms with Crippen molar-refractivity contribution in [1.82, 2.24) is 4.90 Å². The Hall–Kier alpha value is -1.56. The van der Waals surface area contributed by atoms with Crippen molar-refractivity contribution in [2.24, 2.45) is 5.92 Å². The molecule has 1 atom stereocenters. The Balaban J connectivity index is 2.87. The maximum absolute atomic E-state index is 12.5. The van der Waals surface area contributed by atoms with Crippen LogP contribution in [0.15, 0.2) is 24.3 Å². The van der Waals surface area contributed by atoms with Crippen LogP contribution < -0.4 is 4.18 Å². The molecule has 0 saturated carbocycles. The molecule has 0 spiro atoms. The Labute approximate surface area is 152 Å². The van der Waals surface area contributed by atoms with Crippen LogP contribution in [0.25, 0.3) is 0 Å². The van der Waals surface area contributed by atoms with E-state index in [2.05, 4.69) is 6.92 Å². The summed E-state index contributed by atoms with van der Waals surface area (Å²) in [5, 5.41) is -0.596. The minimum Gasteiger partial charge on any atom is -0.382 e. The van der Waals surface area contributed by atoms with E-state index < -0.39 is 15.4 Å². The highest BCUT2D eigenvalue weighted by molar-refractivity contribution is 7.87. The Morgan fingerprint density at radius 1 is 1.08 bits per heavy atom. The number of carbonyl (C=O) groups excluding carboxylic acids is 1. The van der Waals surface area contributed by atoms with Crippen molar-refractivity contribution in [3.63, 3.8) is 0 Å². The summed E-state index contributed by atoms with van der Waals surface area (Å²) in [4.78, 5) is 14.4. The predicted molar refractivity (Wildman–Crippen MR) is 101 cm³/mol. The number of rotatable bonds is 9. The lowest BCUT2D eigenvalue weighted by molar-refractivity contribution is -0.134. The van der Waals surface area contributed by atoms with Gasteiger partial charge in [-0.25, -0.2) is 0 Å². The molecular formula is C19H31NO4S. The first kappa shape index (κ1) is 21.5. The molecule has 0 aliphatic heterocycles. The van der Waals surface area contributed by atoms with Gasteiger partial charge in [0.05, 0.1) is 5.25 Å². The van der Waals surface area contributed by atoms with Crippen LogP contribution >= 0.6 is 0 Å². The fourth-order valence-electron chi connectivity index (χ4n) is 2.25. The number of carbonyl (C=O) groups is 1. The van der Waals surface area contributed by atoms with Gasteiger partial charge in [-0.05, 0) is 50.8 Å². The van der Waals surface area contributed by atoms with Gasteiger partial charge in [0.1, 0.15) is 5.75 Å². The van der Waals surface area contributed by atoms with Crippen LogP contribution in [0.5, 0.6) is 5.75 Å². The van der Waals surface area contributed by atoms with Crippen molar-refractivity contribution in [3.8, 4) is 5.75 Å². The summed E-state index contributed by atoms with van der Waals surface area (Å²) in [5.41, 5.74) is 0.951. The second kappa shape index (κ2) is 9.22. The highest BCUT2D eigenvalue weighted by atomic mass is 32.2. The summed E-state index contributed by atoms with van der Waals surface area (Å²) in [5.74, 6) is 0.754. The number of benzene rings is 1. The van der Waals surface area contributed by atoms with Crippen LogP contribution in [0.4, 0.5) is 0 Å². The van der Waals surface area contributed by atoms with E-state index in [1.54, 1.807) is 26.0 Å². The lowest BCUT2D eigenvalue weighted by Crippen LogP contribution is -2.38. The van der Waals surface area contributed by atoms with Gasteiger partial charge in [-0.2, -0.15) is 8.42 Å². The lowest BCUT2D eigenvalue weighted by Gasteiger charge is -2.29. The smallest absolute Gasteiger partial charge is 0.311 e. The maximum atomic E-state index is 12.5. The maximum Gasteiger partial charge on any atom is 0.311 e. The summed E-state index contributed by atoms with van der Waals surface area (Å²) in [7, 11) is -3.60. The molecule has 0 aliphatic carbocycles. The Kier molecular flexibility index (Phi) is 7.93. The van der Waals surface area contributed by atoms with Crippen LogP contribution in [0.3, 0.4) is 0 Å². The van der Waals surface area contributed by atoms with Gasteiger partial charge in [0.2, 0.25) is 5.91 Å². The molecule has 142 valence electrons. The van der Waals surface area contributed by atoms with E-state index in [0.29, 0.717) is 24.6 Å². The van der Waals surface area contributed by atoms with E-state index in [9.17, 15) is 13.2 Å². The molecule has 5 nitrogen and oxygen atoms in total. The van der Waals surface area contributed by atoms with Gasteiger partial charge in [0.15, 0.2) is 0 Å². The molecule has 0 bridgehead atoms. The number of hydrogen-bond donors (Lipinski definition) is 0. The topological polar surface area (TPSA) is 63.7 Å². The molecule has 1 amide bonds. The largest absolute Gasteiger partial charge is 0.382 e. The van der Waals surface area contributed by atoms with E-state index in [1.165, 1.54) is 0 Å². The number of nitrogens with zero attached hydrogens (tertiary/aromatic N) is 1. The molecule has 0 radical (unpaired) electrons.